The zero-order chi connectivity index (χ0) is 7.56. The third-order valence-electron chi connectivity index (χ3n) is 1.25. The Kier molecular flexibility index (Phi) is 1.63. The van der Waals surface area contributed by atoms with E-state index in [0.717, 1.165) is 6.20 Å². The molecule has 0 atom stereocenters. The number of halogens is 1. The Bertz CT molecular complexity index is 288. The summed E-state index contributed by atoms with van der Waals surface area (Å²) in [5.41, 5.74) is 0.644. The van der Waals surface area contributed by atoms with Crippen molar-refractivity contribution in [1.82, 2.24) is 4.98 Å². The molecule has 0 unspecified atom stereocenters. The van der Waals surface area contributed by atoms with Crippen molar-refractivity contribution in [3.8, 4) is 0 Å². The lowest BCUT2D eigenvalue weighted by Crippen LogP contribution is -1.82. The summed E-state index contributed by atoms with van der Waals surface area (Å²) in [4.78, 5) is 6.61. The van der Waals surface area contributed by atoms with Crippen LogP contribution in [0.5, 0.6) is 0 Å². The molecule has 10 heavy (non-hydrogen) atoms. The molecule has 0 aliphatic heterocycles. The van der Waals surface area contributed by atoms with Gasteiger partial charge in [0, 0.05) is 6.20 Å². The first-order valence-corrected chi connectivity index (χ1v) is 2.73. The Morgan fingerprint density at radius 3 is 2.80 bits per heavy atom. The van der Waals surface area contributed by atoms with Gasteiger partial charge in [0.15, 0.2) is 0 Å². The van der Waals surface area contributed by atoms with Crippen molar-refractivity contribution in [1.29, 1.82) is 0 Å². The first kappa shape index (κ1) is 6.69. The van der Waals surface area contributed by atoms with Gasteiger partial charge in [0.2, 0.25) is 5.69 Å². The maximum absolute atomic E-state index is 12.6. The number of hydrogen-bond donors (Lipinski definition) is 0. The maximum Gasteiger partial charge on any atom is 0.210 e. The van der Waals surface area contributed by atoms with Crippen LogP contribution in [-0.2, 0) is 0 Å². The lowest BCUT2D eigenvalue weighted by molar-refractivity contribution is 0.613. The van der Waals surface area contributed by atoms with Crippen LogP contribution in [0.1, 0.15) is 5.56 Å². The number of rotatable bonds is 0. The summed E-state index contributed by atoms with van der Waals surface area (Å²) < 4.78 is 12.6. The van der Waals surface area contributed by atoms with Gasteiger partial charge in [-0.05, 0) is 12.5 Å². The van der Waals surface area contributed by atoms with Gasteiger partial charge in [0.25, 0.3) is 0 Å². The van der Waals surface area contributed by atoms with Gasteiger partial charge in [0.05, 0.1) is 12.8 Å². The van der Waals surface area contributed by atoms with Crippen LogP contribution >= 0.6 is 0 Å². The van der Waals surface area contributed by atoms with E-state index >= 15 is 0 Å². The largest absolute Gasteiger partial charge is 0.273 e. The summed E-state index contributed by atoms with van der Waals surface area (Å²) in [6.07, 6.45) is 2.45. The van der Waals surface area contributed by atoms with Gasteiger partial charge in [-0.3, -0.25) is 4.98 Å². The smallest absolute Gasteiger partial charge is 0.210 e. The number of aromatic nitrogens is 1. The van der Waals surface area contributed by atoms with Crippen LogP contribution in [0.4, 0.5) is 10.1 Å². The molecular formula is C7H5FN2. The van der Waals surface area contributed by atoms with E-state index < -0.39 is 5.82 Å². The van der Waals surface area contributed by atoms with E-state index in [1.165, 1.54) is 6.20 Å². The predicted molar refractivity (Wildman–Crippen MR) is 35.2 cm³/mol. The summed E-state index contributed by atoms with van der Waals surface area (Å²) in [6, 6.07) is 0. The molecule has 0 N–H and O–H groups in total. The molecule has 1 aromatic rings. The normalized spacial score (nSPS) is 8.90. The van der Waals surface area contributed by atoms with Gasteiger partial charge in [-0.25, -0.2) is 9.24 Å². The van der Waals surface area contributed by atoms with E-state index in [-0.39, 0.29) is 5.69 Å². The van der Waals surface area contributed by atoms with Gasteiger partial charge < -0.3 is 0 Å². The van der Waals surface area contributed by atoms with Crippen LogP contribution in [0.25, 0.3) is 4.85 Å². The fraction of sp³-hybridized carbons (Fsp3) is 0.143. The van der Waals surface area contributed by atoms with E-state index in [2.05, 4.69) is 9.83 Å². The molecule has 0 saturated heterocycles. The number of pyridine rings is 1. The molecule has 0 saturated carbocycles. The Balaban J connectivity index is 3.31. The van der Waals surface area contributed by atoms with Crippen LogP contribution in [0.2, 0.25) is 0 Å². The van der Waals surface area contributed by atoms with E-state index in [1.807, 2.05) is 0 Å². The molecule has 0 aliphatic carbocycles. The van der Waals surface area contributed by atoms with Crippen molar-refractivity contribution in [3.63, 3.8) is 0 Å². The average Bonchev–Trinajstić information content (AvgIpc) is 1.95. The molecule has 1 aromatic heterocycles. The lowest BCUT2D eigenvalue weighted by Gasteiger charge is -1.94. The van der Waals surface area contributed by atoms with Gasteiger partial charge in [-0.1, -0.05) is 0 Å². The van der Waals surface area contributed by atoms with Crippen molar-refractivity contribution in [3.05, 3.63) is 35.2 Å². The molecule has 0 aliphatic rings. The fourth-order valence-corrected chi connectivity index (χ4v) is 0.602. The van der Waals surface area contributed by atoms with E-state index in [0.29, 0.717) is 5.56 Å². The monoisotopic (exact) mass is 136 g/mol. The lowest BCUT2D eigenvalue weighted by atomic mass is 10.2. The quantitative estimate of drug-likeness (QED) is 0.499. The molecular weight excluding hydrogens is 131 g/mol. The second-order valence-electron chi connectivity index (χ2n) is 1.88. The molecule has 0 radical (unpaired) electrons. The Labute approximate surface area is 58.1 Å². The Morgan fingerprint density at radius 2 is 2.30 bits per heavy atom. The van der Waals surface area contributed by atoms with E-state index in [9.17, 15) is 4.39 Å². The molecule has 1 heterocycles. The second kappa shape index (κ2) is 2.44. The van der Waals surface area contributed by atoms with Gasteiger partial charge in [-0.15, -0.1) is 0 Å². The minimum absolute atomic E-state index is 0.278. The van der Waals surface area contributed by atoms with Gasteiger partial charge in [0.1, 0.15) is 5.82 Å². The van der Waals surface area contributed by atoms with Crippen molar-refractivity contribution < 1.29 is 4.39 Å². The van der Waals surface area contributed by atoms with Crippen LogP contribution in [0, 0.1) is 19.3 Å². The summed E-state index contributed by atoms with van der Waals surface area (Å²) in [7, 11) is 0. The highest BCUT2D eigenvalue weighted by molar-refractivity contribution is 5.49. The number of hydrogen-bond acceptors (Lipinski definition) is 1. The average molecular weight is 136 g/mol. The molecule has 1 rings (SSSR count). The van der Waals surface area contributed by atoms with Gasteiger partial charge >= 0.3 is 0 Å². The van der Waals surface area contributed by atoms with Crippen molar-refractivity contribution >= 4 is 5.69 Å². The Morgan fingerprint density at radius 1 is 1.60 bits per heavy atom. The molecule has 0 fully saturated rings. The zero-order valence-electron chi connectivity index (χ0n) is 5.43. The van der Waals surface area contributed by atoms with Crippen molar-refractivity contribution in [2.24, 2.45) is 0 Å². The van der Waals surface area contributed by atoms with E-state index in [4.69, 9.17) is 6.57 Å². The highest BCUT2D eigenvalue weighted by Gasteiger charge is 2.01. The Hall–Kier alpha value is -1.43. The van der Waals surface area contributed by atoms with Crippen LogP contribution in [0.3, 0.4) is 0 Å². The summed E-state index contributed by atoms with van der Waals surface area (Å²) >= 11 is 0. The maximum atomic E-state index is 12.6. The topological polar surface area (TPSA) is 17.2 Å². The number of nitrogens with zero attached hydrogens (tertiary/aromatic N) is 2. The third kappa shape index (κ3) is 0.960. The van der Waals surface area contributed by atoms with E-state index in [1.54, 1.807) is 6.92 Å². The molecule has 3 heteroatoms. The van der Waals surface area contributed by atoms with Crippen LogP contribution in [0.15, 0.2) is 12.4 Å². The third-order valence-corrected chi connectivity index (χ3v) is 1.25. The SMILES string of the molecule is [C-]#[N+]c1cncc(F)c1C. The first-order chi connectivity index (χ1) is 4.75. The molecule has 0 spiro atoms. The van der Waals surface area contributed by atoms with Gasteiger partial charge in [-0.2, -0.15) is 0 Å². The van der Waals surface area contributed by atoms with Crippen LogP contribution < -0.4 is 0 Å². The zero-order valence-corrected chi connectivity index (χ0v) is 5.43. The summed E-state index contributed by atoms with van der Waals surface area (Å²) in [6.45, 7) is 8.16. The van der Waals surface area contributed by atoms with Crippen molar-refractivity contribution in [2.75, 3.05) is 0 Å². The molecule has 0 aromatic carbocycles. The second-order valence-corrected chi connectivity index (χ2v) is 1.88. The molecule has 0 amide bonds. The van der Waals surface area contributed by atoms with Crippen molar-refractivity contribution in [2.45, 2.75) is 6.92 Å². The molecule has 50 valence electrons. The van der Waals surface area contributed by atoms with Crippen LogP contribution in [-0.4, -0.2) is 4.98 Å². The molecule has 0 bridgehead atoms. The summed E-state index contributed by atoms with van der Waals surface area (Å²) in [5, 5.41) is 0. The first-order valence-electron chi connectivity index (χ1n) is 2.73. The minimum atomic E-state index is -0.423. The fourth-order valence-electron chi connectivity index (χ4n) is 0.602. The predicted octanol–water partition coefficient (Wildman–Crippen LogP) is 2.08. The highest BCUT2D eigenvalue weighted by Crippen LogP contribution is 2.17. The molecule has 2 nitrogen and oxygen atoms in total. The summed E-state index contributed by atoms with van der Waals surface area (Å²) in [5.74, 6) is -0.423. The highest BCUT2D eigenvalue weighted by atomic mass is 19.1. The standard InChI is InChI=1S/C7H5FN2/c1-5-6(8)3-10-4-7(5)9-2/h3-4H,1H3. The minimum Gasteiger partial charge on any atom is -0.273 e.